The summed E-state index contributed by atoms with van der Waals surface area (Å²) in [5, 5.41) is 20.2. The molecule has 0 aliphatic carbocycles. The Morgan fingerprint density at radius 3 is 3.00 bits per heavy atom. The zero-order chi connectivity index (χ0) is 12.3. The molecule has 0 atom stereocenters. The molecule has 0 saturated heterocycles. The number of hydrogen-bond donors (Lipinski definition) is 2. The molecule has 0 aliphatic rings. The van der Waals surface area contributed by atoms with Crippen LogP contribution in [0.5, 0.6) is 0 Å². The fraction of sp³-hybridized carbons (Fsp3) is 0.111. The number of anilines is 1. The van der Waals surface area contributed by atoms with Gasteiger partial charge in [0.25, 0.3) is 0 Å². The highest BCUT2D eigenvalue weighted by Gasteiger charge is 2.15. The van der Waals surface area contributed by atoms with Gasteiger partial charge in [-0.25, -0.2) is 4.98 Å². The van der Waals surface area contributed by atoms with Gasteiger partial charge in [-0.1, -0.05) is 11.6 Å². The summed E-state index contributed by atoms with van der Waals surface area (Å²) in [6.07, 6.45) is 3.30. The van der Waals surface area contributed by atoms with Gasteiger partial charge in [0, 0.05) is 24.4 Å². The second kappa shape index (κ2) is 4.79. The van der Waals surface area contributed by atoms with Gasteiger partial charge in [0.2, 0.25) is 5.82 Å². The molecule has 2 aromatic rings. The van der Waals surface area contributed by atoms with E-state index >= 15 is 0 Å². The molecule has 0 unspecified atom stereocenters. The Labute approximate surface area is 101 Å². The van der Waals surface area contributed by atoms with Crippen molar-refractivity contribution in [2.24, 2.45) is 0 Å². The van der Waals surface area contributed by atoms with E-state index in [9.17, 15) is 10.1 Å². The van der Waals surface area contributed by atoms with Crippen LogP contribution in [0.15, 0.2) is 24.5 Å². The maximum Gasteiger partial charge on any atom is 0.311 e. The van der Waals surface area contributed by atoms with E-state index in [1.165, 1.54) is 12.1 Å². The topological polar surface area (TPSA) is 96.7 Å². The summed E-state index contributed by atoms with van der Waals surface area (Å²) in [5.41, 5.74) is 0.749. The second-order valence-corrected chi connectivity index (χ2v) is 3.61. The number of nitro groups is 1. The van der Waals surface area contributed by atoms with Gasteiger partial charge in [-0.15, -0.1) is 0 Å². The molecule has 17 heavy (non-hydrogen) atoms. The molecular weight excluding hydrogens is 246 g/mol. The zero-order valence-electron chi connectivity index (χ0n) is 8.55. The van der Waals surface area contributed by atoms with Crippen molar-refractivity contribution in [3.63, 3.8) is 0 Å². The number of pyridine rings is 1. The van der Waals surface area contributed by atoms with Crippen molar-refractivity contribution in [2.75, 3.05) is 5.32 Å². The van der Waals surface area contributed by atoms with Crippen molar-refractivity contribution in [3.05, 3.63) is 45.4 Å². The molecule has 0 bridgehead atoms. The Kier molecular flexibility index (Phi) is 3.20. The van der Waals surface area contributed by atoms with Gasteiger partial charge in [0.15, 0.2) is 0 Å². The van der Waals surface area contributed by atoms with E-state index in [1.54, 1.807) is 12.4 Å². The lowest BCUT2D eigenvalue weighted by Gasteiger charge is -2.04. The third kappa shape index (κ3) is 2.70. The smallest absolute Gasteiger partial charge is 0.311 e. The van der Waals surface area contributed by atoms with Crippen molar-refractivity contribution < 1.29 is 4.92 Å². The van der Waals surface area contributed by atoms with E-state index in [1.807, 2.05) is 0 Å². The van der Waals surface area contributed by atoms with Crippen molar-refractivity contribution in [1.29, 1.82) is 0 Å². The fourth-order valence-electron chi connectivity index (χ4n) is 1.27. The van der Waals surface area contributed by atoms with Crippen LogP contribution in [-0.2, 0) is 6.54 Å². The van der Waals surface area contributed by atoms with Gasteiger partial charge in [-0.05, 0) is 6.07 Å². The molecule has 0 amide bonds. The molecule has 0 aliphatic heterocycles. The quantitative estimate of drug-likeness (QED) is 0.493. The van der Waals surface area contributed by atoms with Crippen LogP contribution >= 0.6 is 11.6 Å². The maximum atomic E-state index is 10.8. The highest BCUT2D eigenvalue weighted by molar-refractivity contribution is 6.29. The molecule has 7 nitrogen and oxygen atoms in total. The van der Waals surface area contributed by atoms with E-state index < -0.39 is 4.92 Å². The Bertz CT molecular complexity index is 528. The summed E-state index contributed by atoms with van der Waals surface area (Å²) in [6.45, 7) is 0.380. The first-order valence-electron chi connectivity index (χ1n) is 4.69. The first-order valence-corrected chi connectivity index (χ1v) is 5.07. The van der Waals surface area contributed by atoms with Gasteiger partial charge >= 0.3 is 5.69 Å². The normalized spacial score (nSPS) is 10.2. The molecule has 0 fully saturated rings. The Balaban J connectivity index is 2.19. The van der Waals surface area contributed by atoms with Crippen LogP contribution in [0.4, 0.5) is 11.5 Å². The van der Waals surface area contributed by atoms with E-state index in [4.69, 9.17) is 11.6 Å². The number of nitrogens with zero attached hydrogens (tertiary/aromatic N) is 3. The predicted molar refractivity (Wildman–Crippen MR) is 61.8 cm³/mol. The van der Waals surface area contributed by atoms with Crippen molar-refractivity contribution in [2.45, 2.75) is 6.54 Å². The summed E-state index contributed by atoms with van der Waals surface area (Å²) >= 11 is 5.69. The van der Waals surface area contributed by atoms with Crippen LogP contribution in [0, 0.1) is 10.1 Å². The number of aromatic amines is 1. The van der Waals surface area contributed by atoms with E-state index in [-0.39, 0.29) is 16.7 Å². The number of H-pyrrole nitrogens is 1. The number of hydrogen-bond acceptors (Lipinski definition) is 5. The summed E-state index contributed by atoms with van der Waals surface area (Å²) in [5.74, 6) is 0.142. The van der Waals surface area contributed by atoms with Crippen LogP contribution in [0.2, 0.25) is 5.15 Å². The predicted octanol–water partition coefficient (Wildman–Crippen LogP) is 1.98. The number of rotatable bonds is 4. The van der Waals surface area contributed by atoms with Gasteiger partial charge in [0.05, 0.1) is 11.1 Å². The van der Waals surface area contributed by atoms with Gasteiger partial charge in [-0.3, -0.25) is 15.2 Å². The fourth-order valence-corrected chi connectivity index (χ4v) is 1.41. The van der Waals surface area contributed by atoms with Crippen LogP contribution in [-0.4, -0.2) is 20.1 Å². The number of halogens is 1. The minimum Gasteiger partial charge on any atom is -0.360 e. The third-order valence-electron chi connectivity index (χ3n) is 2.05. The van der Waals surface area contributed by atoms with Crippen molar-refractivity contribution in [1.82, 2.24) is 15.2 Å². The lowest BCUT2D eigenvalue weighted by Crippen LogP contribution is -2.04. The molecule has 2 heterocycles. The SMILES string of the molecule is O=[N+]([O-])c1ccc(Cl)nc1NCc1cn[nH]c1. The highest BCUT2D eigenvalue weighted by Crippen LogP contribution is 2.24. The number of nitrogens with one attached hydrogen (secondary N) is 2. The largest absolute Gasteiger partial charge is 0.360 e. The Morgan fingerprint density at radius 1 is 1.53 bits per heavy atom. The first-order chi connectivity index (χ1) is 8.16. The van der Waals surface area contributed by atoms with E-state index in [0.29, 0.717) is 6.54 Å². The van der Waals surface area contributed by atoms with Crippen LogP contribution < -0.4 is 5.32 Å². The number of aromatic nitrogens is 3. The van der Waals surface area contributed by atoms with Crippen LogP contribution in [0.3, 0.4) is 0 Å². The summed E-state index contributed by atoms with van der Waals surface area (Å²) in [7, 11) is 0. The minimum absolute atomic E-state index is 0.113. The summed E-state index contributed by atoms with van der Waals surface area (Å²) < 4.78 is 0. The Hall–Kier alpha value is -2.15. The average molecular weight is 254 g/mol. The minimum atomic E-state index is -0.513. The second-order valence-electron chi connectivity index (χ2n) is 3.22. The third-order valence-corrected chi connectivity index (χ3v) is 2.26. The van der Waals surface area contributed by atoms with Crippen molar-refractivity contribution in [3.8, 4) is 0 Å². The first kappa shape index (κ1) is 11.3. The molecule has 8 heteroatoms. The highest BCUT2D eigenvalue weighted by atomic mass is 35.5. The molecule has 88 valence electrons. The zero-order valence-corrected chi connectivity index (χ0v) is 9.31. The molecule has 0 radical (unpaired) electrons. The standard InChI is InChI=1S/C9H8ClN5O2/c10-8-2-1-7(15(16)17)9(14-8)11-3-6-4-12-13-5-6/h1-2,4-5H,3H2,(H,11,14)(H,12,13). The molecule has 0 aromatic carbocycles. The van der Waals surface area contributed by atoms with Gasteiger partial charge < -0.3 is 5.32 Å². The van der Waals surface area contributed by atoms with E-state index in [2.05, 4.69) is 20.5 Å². The molecular formula is C9H8ClN5O2. The molecule has 0 spiro atoms. The monoisotopic (exact) mass is 253 g/mol. The molecule has 2 rings (SSSR count). The lowest BCUT2D eigenvalue weighted by atomic mass is 10.3. The Morgan fingerprint density at radius 2 is 2.35 bits per heavy atom. The summed E-state index contributed by atoms with van der Waals surface area (Å²) in [6, 6.07) is 2.69. The van der Waals surface area contributed by atoms with Crippen LogP contribution in [0.25, 0.3) is 0 Å². The van der Waals surface area contributed by atoms with Gasteiger partial charge in [0.1, 0.15) is 5.15 Å². The van der Waals surface area contributed by atoms with Crippen molar-refractivity contribution >= 4 is 23.1 Å². The van der Waals surface area contributed by atoms with E-state index in [0.717, 1.165) is 5.56 Å². The summed E-state index contributed by atoms with van der Waals surface area (Å²) in [4.78, 5) is 14.1. The maximum absolute atomic E-state index is 10.8. The molecule has 2 aromatic heterocycles. The molecule has 2 N–H and O–H groups in total. The lowest BCUT2D eigenvalue weighted by molar-refractivity contribution is -0.384. The average Bonchev–Trinajstić information content (AvgIpc) is 2.78. The van der Waals surface area contributed by atoms with Gasteiger partial charge in [-0.2, -0.15) is 5.10 Å². The van der Waals surface area contributed by atoms with Crippen LogP contribution in [0.1, 0.15) is 5.56 Å². The molecule has 0 saturated carbocycles.